The van der Waals surface area contributed by atoms with Gasteiger partial charge < -0.3 is 15.2 Å². The fraction of sp³-hybridized carbons (Fsp3) is 0.500. The first-order chi connectivity index (χ1) is 10.1. The van der Waals surface area contributed by atoms with Crippen molar-refractivity contribution in [2.24, 2.45) is 5.92 Å². The number of rotatable bonds is 5. The van der Waals surface area contributed by atoms with E-state index in [2.05, 4.69) is 5.32 Å². The molecular weight excluding hydrogens is 270 g/mol. The van der Waals surface area contributed by atoms with Crippen molar-refractivity contribution in [2.75, 3.05) is 12.4 Å². The van der Waals surface area contributed by atoms with Crippen molar-refractivity contribution in [1.82, 2.24) is 0 Å². The lowest BCUT2D eigenvalue weighted by Gasteiger charge is -2.21. The van der Waals surface area contributed by atoms with Gasteiger partial charge in [0.15, 0.2) is 0 Å². The van der Waals surface area contributed by atoms with Gasteiger partial charge in [-0.05, 0) is 30.9 Å². The Balaban J connectivity index is 2.06. The second-order valence-corrected chi connectivity index (χ2v) is 5.47. The number of carboxylic acid groups (broad SMARTS) is 1. The number of hydrogen-bond donors (Lipinski definition) is 2. The molecule has 0 spiro atoms. The number of anilines is 1. The molecule has 5 nitrogen and oxygen atoms in total. The lowest BCUT2D eigenvalue weighted by molar-refractivity contribution is -0.117. The quantitative estimate of drug-likeness (QED) is 0.872. The number of carboxylic acids is 1. The van der Waals surface area contributed by atoms with E-state index in [-0.39, 0.29) is 11.5 Å². The van der Waals surface area contributed by atoms with Crippen LogP contribution in [0.1, 0.15) is 48.9 Å². The molecule has 1 aromatic rings. The molecule has 1 aromatic carbocycles. The molecule has 2 N–H and O–H groups in total. The maximum Gasteiger partial charge on any atom is 0.337 e. The summed E-state index contributed by atoms with van der Waals surface area (Å²) in [5.74, 6) is -0.256. The van der Waals surface area contributed by atoms with Gasteiger partial charge in [-0.3, -0.25) is 4.79 Å². The van der Waals surface area contributed by atoms with Crippen molar-refractivity contribution in [3.05, 3.63) is 23.8 Å². The average molecular weight is 291 g/mol. The molecule has 0 aliphatic heterocycles. The second kappa shape index (κ2) is 7.11. The lowest BCUT2D eigenvalue weighted by atomic mass is 9.87. The van der Waals surface area contributed by atoms with Gasteiger partial charge in [0.05, 0.1) is 18.4 Å². The summed E-state index contributed by atoms with van der Waals surface area (Å²) in [6.45, 7) is 0. The summed E-state index contributed by atoms with van der Waals surface area (Å²) in [6.07, 6.45) is 6.22. The van der Waals surface area contributed by atoms with Gasteiger partial charge in [0.1, 0.15) is 5.75 Å². The molecule has 1 fully saturated rings. The zero-order chi connectivity index (χ0) is 15.2. The molecule has 0 unspecified atom stereocenters. The minimum atomic E-state index is -1.06. The van der Waals surface area contributed by atoms with Crippen LogP contribution in [0.5, 0.6) is 5.75 Å². The third kappa shape index (κ3) is 4.21. The molecule has 1 aliphatic rings. The van der Waals surface area contributed by atoms with Gasteiger partial charge in [-0.25, -0.2) is 4.79 Å². The highest BCUT2D eigenvalue weighted by Crippen LogP contribution is 2.28. The van der Waals surface area contributed by atoms with Gasteiger partial charge in [0.2, 0.25) is 5.91 Å². The van der Waals surface area contributed by atoms with Crippen molar-refractivity contribution in [1.29, 1.82) is 0 Å². The highest BCUT2D eigenvalue weighted by Gasteiger charge is 2.19. The Labute approximate surface area is 124 Å². The molecule has 0 saturated heterocycles. The van der Waals surface area contributed by atoms with Crippen LogP contribution in [0, 0.1) is 5.92 Å². The topological polar surface area (TPSA) is 75.6 Å². The van der Waals surface area contributed by atoms with Crippen LogP contribution in [-0.4, -0.2) is 24.1 Å². The minimum absolute atomic E-state index is 0.0767. The second-order valence-electron chi connectivity index (χ2n) is 5.47. The fourth-order valence-electron chi connectivity index (χ4n) is 2.79. The summed E-state index contributed by atoms with van der Waals surface area (Å²) in [5.41, 5.74) is 0.371. The summed E-state index contributed by atoms with van der Waals surface area (Å²) in [7, 11) is 1.50. The SMILES string of the molecule is COc1ccc(C(=O)O)c(NC(=O)CC2CCCCC2)c1. The van der Waals surface area contributed by atoms with Gasteiger partial charge >= 0.3 is 5.97 Å². The molecule has 21 heavy (non-hydrogen) atoms. The zero-order valence-corrected chi connectivity index (χ0v) is 12.2. The van der Waals surface area contributed by atoms with Gasteiger partial charge in [-0.1, -0.05) is 19.3 Å². The van der Waals surface area contributed by atoms with E-state index >= 15 is 0 Å². The summed E-state index contributed by atoms with van der Waals surface area (Å²) in [4.78, 5) is 23.3. The number of benzene rings is 1. The number of nitrogens with one attached hydrogen (secondary N) is 1. The zero-order valence-electron chi connectivity index (χ0n) is 12.2. The van der Waals surface area contributed by atoms with E-state index in [0.29, 0.717) is 23.8 Å². The molecule has 1 aliphatic carbocycles. The van der Waals surface area contributed by atoms with Crippen LogP contribution in [0.25, 0.3) is 0 Å². The van der Waals surface area contributed by atoms with Crippen molar-refractivity contribution in [3.63, 3.8) is 0 Å². The average Bonchev–Trinajstić information content (AvgIpc) is 2.47. The maximum absolute atomic E-state index is 12.1. The van der Waals surface area contributed by atoms with Crippen molar-refractivity contribution in [3.8, 4) is 5.75 Å². The summed E-state index contributed by atoms with van der Waals surface area (Å²) < 4.78 is 5.08. The highest BCUT2D eigenvalue weighted by atomic mass is 16.5. The number of ether oxygens (including phenoxy) is 1. The molecule has 0 radical (unpaired) electrons. The van der Waals surface area contributed by atoms with Crippen LogP contribution in [0.15, 0.2) is 18.2 Å². The van der Waals surface area contributed by atoms with Crippen LogP contribution in [0.2, 0.25) is 0 Å². The van der Waals surface area contributed by atoms with E-state index in [4.69, 9.17) is 4.74 Å². The van der Waals surface area contributed by atoms with Crippen molar-refractivity contribution < 1.29 is 19.4 Å². The van der Waals surface area contributed by atoms with E-state index in [9.17, 15) is 14.7 Å². The summed E-state index contributed by atoms with van der Waals surface area (Å²) >= 11 is 0. The molecule has 1 amide bonds. The Kier molecular flexibility index (Phi) is 5.20. The van der Waals surface area contributed by atoms with Gasteiger partial charge in [-0.2, -0.15) is 0 Å². The Morgan fingerprint density at radius 1 is 1.29 bits per heavy atom. The van der Waals surface area contributed by atoms with Crippen molar-refractivity contribution >= 4 is 17.6 Å². The van der Waals surface area contributed by atoms with E-state index in [0.717, 1.165) is 12.8 Å². The van der Waals surface area contributed by atoms with Crippen molar-refractivity contribution in [2.45, 2.75) is 38.5 Å². The number of amides is 1. The highest BCUT2D eigenvalue weighted by molar-refractivity contribution is 6.00. The maximum atomic E-state index is 12.1. The number of carbonyl (C=O) groups excluding carboxylic acids is 1. The minimum Gasteiger partial charge on any atom is -0.497 e. The van der Waals surface area contributed by atoms with Gasteiger partial charge in [0.25, 0.3) is 0 Å². The van der Waals surface area contributed by atoms with Crippen LogP contribution in [-0.2, 0) is 4.79 Å². The molecule has 0 atom stereocenters. The Morgan fingerprint density at radius 3 is 2.62 bits per heavy atom. The summed E-state index contributed by atoms with van der Waals surface area (Å²) in [6, 6.07) is 4.56. The number of aromatic carboxylic acids is 1. The van der Waals surface area contributed by atoms with E-state index in [1.807, 2.05) is 0 Å². The molecule has 0 aromatic heterocycles. The molecular formula is C16H21NO4. The van der Waals surface area contributed by atoms with Gasteiger partial charge in [0, 0.05) is 12.5 Å². The summed E-state index contributed by atoms with van der Waals surface area (Å²) in [5, 5.41) is 11.9. The third-order valence-electron chi connectivity index (χ3n) is 3.93. The third-order valence-corrected chi connectivity index (χ3v) is 3.93. The number of methoxy groups -OCH3 is 1. The molecule has 0 heterocycles. The molecule has 1 saturated carbocycles. The fourth-order valence-corrected chi connectivity index (χ4v) is 2.79. The van der Waals surface area contributed by atoms with E-state index < -0.39 is 5.97 Å². The predicted octanol–water partition coefficient (Wildman–Crippen LogP) is 3.30. The predicted molar refractivity (Wildman–Crippen MR) is 79.8 cm³/mol. The normalized spacial score (nSPS) is 15.5. The Bertz CT molecular complexity index is 521. The first-order valence-electron chi connectivity index (χ1n) is 7.31. The first-order valence-corrected chi connectivity index (χ1v) is 7.31. The Morgan fingerprint density at radius 2 is 2.00 bits per heavy atom. The molecule has 0 bridgehead atoms. The largest absolute Gasteiger partial charge is 0.497 e. The number of hydrogen-bond acceptors (Lipinski definition) is 3. The van der Waals surface area contributed by atoms with Crippen LogP contribution < -0.4 is 10.1 Å². The van der Waals surface area contributed by atoms with E-state index in [1.54, 1.807) is 12.1 Å². The molecule has 2 rings (SSSR count). The monoisotopic (exact) mass is 291 g/mol. The first kappa shape index (κ1) is 15.4. The standard InChI is InChI=1S/C16H21NO4/c1-21-12-7-8-13(16(19)20)14(10-12)17-15(18)9-11-5-3-2-4-6-11/h7-8,10-11H,2-6,9H2,1H3,(H,17,18)(H,19,20). The van der Waals surface area contributed by atoms with Gasteiger partial charge in [-0.15, -0.1) is 0 Å². The van der Waals surface area contributed by atoms with Crippen LogP contribution >= 0.6 is 0 Å². The van der Waals surface area contributed by atoms with E-state index in [1.165, 1.54) is 32.4 Å². The smallest absolute Gasteiger partial charge is 0.337 e. The van der Waals surface area contributed by atoms with Crippen LogP contribution in [0.3, 0.4) is 0 Å². The Hall–Kier alpha value is -2.04. The molecule has 5 heteroatoms. The lowest BCUT2D eigenvalue weighted by Crippen LogP contribution is -2.19. The molecule has 114 valence electrons. The van der Waals surface area contributed by atoms with Crippen LogP contribution in [0.4, 0.5) is 5.69 Å². The number of carbonyl (C=O) groups is 2.